The minimum absolute atomic E-state index is 0.217. The van der Waals surface area contributed by atoms with Crippen LogP contribution in [0.4, 0.5) is 8.78 Å². The zero-order valence-corrected chi connectivity index (χ0v) is 10.3. The summed E-state index contributed by atoms with van der Waals surface area (Å²) >= 11 is 0. The van der Waals surface area contributed by atoms with Crippen LogP contribution >= 0.6 is 0 Å². The van der Waals surface area contributed by atoms with Gasteiger partial charge in [0.2, 0.25) is 0 Å². The molecule has 2 aromatic rings. The first-order chi connectivity index (χ1) is 9.47. The van der Waals surface area contributed by atoms with Crippen molar-refractivity contribution in [2.75, 3.05) is 0 Å². The van der Waals surface area contributed by atoms with Crippen molar-refractivity contribution in [1.29, 1.82) is 0 Å². The molecule has 0 saturated carbocycles. The fourth-order valence-electron chi connectivity index (χ4n) is 1.79. The van der Waals surface area contributed by atoms with Crippen LogP contribution in [0.3, 0.4) is 0 Å². The zero-order chi connectivity index (χ0) is 14.7. The van der Waals surface area contributed by atoms with E-state index in [1.54, 1.807) is 12.1 Å². The zero-order valence-electron chi connectivity index (χ0n) is 10.3. The smallest absolute Gasteiger partial charge is 0.311 e. The monoisotopic (exact) mass is 276 g/mol. The highest BCUT2D eigenvalue weighted by Crippen LogP contribution is 2.23. The van der Waals surface area contributed by atoms with Crippen molar-refractivity contribution in [2.24, 2.45) is 0 Å². The molecule has 0 aliphatic rings. The van der Waals surface area contributed by atoms with Gasteiger partial charge in [-0.15, -0.1) is 0 Å². The molecule has 1 N–H and O–H groups in total. The normalized spacial score (nSPS) is 10.3. The second-order valence-corrected chi connectivity index (χ2v) is 4.20. The second-order valence-electron chi connectivity index (χ2n) is 4.20. The molecule has 0 fully saturated rings. The molecule has 0 aliphatic heterocycles. The van der Waals surface area contributed by atoms with Gasteiger partial charge in [-0.25, -0.2) is 8.78 Å². The van der Waals surface area contributed by atoms with Crippen molar-refractivity contribution in [3.05, 3.63) is 59.7 Å². The summed E-state index contributed by atoms with van der Waals surface area (Å²) in [6, 6.07) is 9.54. The minimum Gasteiger partial charge on any atom is -0.481 e. The highest BCUT2D eigenvalue weighted by molar-refractivity contribution is 6.06. The Hall–Kier alpha value is -2.56. The van der Waals surface area contributed by atoms with Gasteiger partial charge in [0.15, 0.2) is 17.4 Å². The first kappa shape index (κ1) is 13.9. The van der Waals surface area contributed by atoms with Gasteiger partial charge in [0.05, 0.1) is 0 Å². The van der Waals surface area contributed by atoms with Crippen LogP contribution in [0.25, 0.3) is 11.1 Å². The minimum atomic E-state index is -1.21. The third kappa shape index (κ3) is 3.06. The predicted molar refractivity (Wildman–Crippen MR) is 68.4 cm³/mol. The van der Waals surface area contributed by atoms with E-state index in [9.17, 15) is 18.4 Å². The number of carboxylic acid groups (broad SMARTS) is 1. The molecular formula is C15H10F2O3. The summed E-state index contributed by atoms with van der Waals surface area (Å²) < 4.78 is 26.0. The summed E-state index contributed by atoms with van der Waals surface area (Å²) in [7, 11) is 0. The molecule has 0 heterocycles. The molecule has 0 unspecified atom stereocenters. The lowest BCUT2D eigenvalue weighted by molar-refractivity contribution is -0.135. The van der Waals surface area contributed by atoms with Crippen LogP contribution in [0.5, 0.6) is 0 Å². The highest BCUT2D eigenvalue weighted by Gasteiger charge is 2.12. The molecule has 3 nitrogen and oxygen atoms in total. The van der Waals surface area contributed by atoms with E-state index >= 15 is 0 Å². The fraction of sp³-hybridized carbons (Fsp3) is 0.0667. The Morgan fingerprint density at radius 1 is 0.950 bits per heavy atom. The molecular weight excluding hydrogens is 266 g/mol. The Bertz CT molecular complexity index is 681. The lowest BCUT2D eigenvalue weighted by atomic mass is 10.00. The summed E-state index contributed by atoms with van der Waals surface area (Å²) in [6.07, 6.45) is -0.610. The van der Waals surface area contributed by atoms with E-state index < -0.39 is 29.8 Å². The van der Waals surface area contributed by atoms with Gasteiger partial charge in [-0.2, -0.15) is 0 Å². The van der Waals surface area contributed by atoms with Crippen molar-refractivity contribution in [1.82, 2.24) is 0 Å². The van der Waals surface area contributed by atoms with Gasteiger partial charge in [0.1, 0.15) is 6.42 Å². The standard InChI is InChI=1S/C15H10F2O3/c16-12-5-4-10(7-13(12)17)9-2-1-3-11(6-9)14(18)8-15(19)20/h1-7H,8H2,(H,19,20). The van der Waals surface area contributed by atoms with Gasteiger partial charge in [-0.1, -0.05) is 24.3 Å². The number of carbonyl (C=O) groups excluding carboxylic acids is 1. The van der Waals surface area contributed by atoms with E-state index in [2.05, 4.69) is 0 Å². The first-order valence-electron chi connectivity index (χ1n) is 5.78. The molecule has 0 bridgehead atoms. The molecule has 0 radical (unpaired) electrons. The van der Waals surface area contributed by atoms with Gasteiger partial charge in [0.25, 0.3) is 0 Å². The summed E-state index contributed by atoms with van der Waals surface area (Å²) in [6.45, 7) is 0. The maximum Gasteiger partial charge on any atom is 0.311 e. The van der Waals surface area contributed by atoms with Crippen molar-refractivity contribution >= 4 is 11.8 Å². The Morgan fingerprint density at radius 2 is 1.65 bits per heavy atom. The van der Waals surface area contributed by atoms with Crippen molar-refractivity contribution < 1.29 is 23.5 Å². The van der Waals surface area contributed by atoms with Crippen LogP contribution in [-0.4, -0.2) is 16.9 Å². The van der Waals surface area contributed by atoms with Crippen LogP contribution in [0.1, 0.15) is 16.8 Å². The average Bonchev–Trinajstić information content (AvgIpc) is 2.41. The molecule has 2 aromatic carbocycles. The third-order valence-corrected chi connectivity index (χ3v) is 2.75. The number of hydrogen-bond acceptors (Lipinski definition) is 2. The predicted octanol–water partition coefficient (Wildman–Crippen LogP) is 3.29. The maximum absolute atomic E-state index is 13.2. The number of ketones is 1. The topological polar surface area (TPSA) is 54.4 Å². The number of benzene rings is 2. The van der Waals surface area contributed by atoms with Gasteiger partial charge in [-0.3, -0.25) is 9.59 Å². The van der Waals surface area contributed by atoms with Gasteiger partial charge in [-0.05, 0) is 29.3 Å². The van der Waals surface area contributed by atoms with E-state index in [4.69, 9.17) is 5.11 Å². The molecule has 5 heteroatoms. The van der Waals surface area contributed by atoms with Crippen LogP contribution in [0, 0.1) is 11.6 Å². The van der Waals surface area contributed by atoms with Crippen LogP contribution in [0.2, 0.25) is 0 Å². The lowest BCUT2D eigenvalue weighted by Crippen LogP contribution is -2.06. The summed E-state index contributed by atoms with van der Waals surface area (Å²) in [5, 5.41) is 8.59. The maximum atomic E-state index is 13.2. The van der Waals surface area contributed by atoms with E-state index in [1.165, 1.54) is 18.2 Å². The summed E-state index contributed by atoms with van der Waals surface area (Å²) in [4.78, 5) is 22.2. The number of aliphatic carboxylic acids is 1. The number of Topliss-reactive ketones (excluding diaryl/α,β-unsaturated/α-hetero) is 1. The second kappa shape index (κ2) is 5.61. The number of halogens is 2. The van der Waals surface area contributed by atoms with E-state index in [-0.39, 0.29) is 5.56 Å². The first-order valence-corrected chi connectivity index (χ1v) is 5.78. The van der Waals surface area contributed by atoms with Gasteiger partial charge >= 0.3 is 5.97 Å². The van der Waals surface area contributed by atoms with Crippen molar-refractivity contribution in [3.63, 3.8) is 0 Å². The molecule has 0 aliphatic carbocycles. The van der Waals surface area contributed by atoms with E-state index in [1.807, 2.05) is 0 Å². The van der Waals surface area contributed by atoms with Crippen LogP contribution in [-0.2, 0) is 4.79 Å². The van der Waals surface area contributed by atoms with Crippen molar-refractivity contribution in [2.45, 2.75) is 6.42 Å². The van der Waals surface area contributed by atoms with E-state index in [0.717, 1.165) is 12.1 Å². The number of carboxylic acids is 1. The Morgan fingerprint density at radius 3 is 2.30 bits per heavy atom. The summed E-state index contributed by atoms with van der Waals surface area (Å²) in [5.41, 5.74) is 1.14. The fourth-order valence-corrected chi connectivity index (χ4v) is 1.79. The van der Waals surface area contributed by atoms with Gasteiger partial charge < -0.3 is 5.11 Å². The van der Waals surface area contributed by atoms with Crippen LogP contribution in [0.15, 0.2) is 42.5 Å². The highest BCUT2D eigenvalue weighted by atomic mass is 19.2. The molecule has 0 saturated heterocycles. The third-order valence-electron chi connectivity index (χ3n) is 2.75. The number of rotatable bonds is 4. The number of carbonyl (C=O) groups is 2. The van der Waals surface area contributed by atoms with E-state index in [0.29, 0.717) is 11.1 Å². The van der Waals surface area contributed by atoms with Gasteiger partial charge in [0, 0.05) is 5.56 Å². The molecule has 102 valence electrons. The number of hydrogen-bond donors (Lipinski definition) is 1. The largest absolute Gasteiger partial charge is 0.481 e. The Balaban J connectivity index is 2.36. The van der Waals surface area contributed by atoms with Crippen molar-refractivity contribution in [3.8, 4) is 11.1 Å². The molecule has 20 heavy (non-hydrogen) atoms. The summed E-state index contributed by atoms with van der Waals surface area (Å²) in [5.74, 6) is -3.69. The molecule has 0 atom stereocenters. The molecule has 0 spiro atoms. The lowest BCUT2D eigenvalue weighted by Gasteiger charge is -2.05. The average molecular weight is 276 g/mol. The Kier molecular flexibility index (Phi) is 3.89. The molecule has 0 amide bonds. The SMILES string of the molecule is O=C(O)CC(=O)c1cccc(-c2ccc(F)c(F)c2)c1. The Labute approximate surface area is 113 Å². The molecule has 2 rings (SSSR count). The quantitative estimate of drug-likeness (QED) is 0.688. The molecule has 0 aromatic heterocycles. The van der Waals surface area contributed by atoms with Crippen LogP contribution < -0.4 is 0 Å².